The quantitative estimate of drug-likeness (QED) is 0.746. The number of halogens is 1. The number of hydrogen-bond acceptors (Lipinski definition) is 4. The monoisotopic (exact) mass is 301 g/mol. The van der Waals surface area contributed by atoms with Crippen LogP contribution < -0.4 is 5.56 Å². The number of aromatic nitrogens is 3. The average molecular weight is 302 g/mol. The van der Waals surface area contributed by atoms with E-state index < -0.39 is 0 Å². The third-order valence-corrected chi connectivity index (χ3v) is 3.22. The summed E-state index contributed by atoms with van der Waals surface area (Å²) in [6, 6.07) is 10.4. The summed E-state index contributed by atoms with van der Waals surface area (Å²) in [5.41, 5.74) is 1.45. The highest BCUT2D eigenvalue weighted by Crippen LogP contribution is 2.22. The Morgan fingerprint density at radius 3 is 2.71 bits per heavy atom. The van der Waals surface area contributed by atoms with Crippen LogP contribution in [0.15, 0.2) is 51.8 Å². The molecule has 3 rings (SSSR count). The van der Waals surface area contributed by atoms with Crippen molar-refractivity contribution in [3.05, 3.63) is 69.6 Å². The lowest BCUT2D eigenvalue weighted by Crippen LogP contribution is -2.23. The van der Waals surface area contributed by atoms with E-state index in [1.165, 1.54) is 10.7 Å². The molecule has 3 aromatic rings. The van der Waals surface area contributed by atoms with Crippen molar-refractivity contribution in [2.24, 2.45) is 0 Å². The molecule has 0 aliphatic rings. The Balaban J connectivity index is 1.87. The molecule has 0 fully saturated rings. The van der Waals surface area contributed by atoms with Gasteiger partial charge in [0, 0.05) is 16.7 Å². The van der Waals surface area contributed by atoms with Crippen molar-refractivity contribution in [3.8, 4) is 11.3 Å². The molecule has 106 valence electrons. The maximum atomic E-state index is 11.7. The van der Waals surface area contributed by atoms with Gasteiger partial charge in [0.15, 0.2) is 5.76 Å². The van der Waals surface area contributed by atoms with E-state index in [1.807, 2.05) is 19.1 Å². The molecule has 0 aliphatic heterocycles. The Bertz CT molecular complexity index is 821. The maximum absolute atomic E-state index is 11.7. The van der Waals surface area contributed by atoms with Gasteiger partial charge in [-0.25, -0.2) is 9.67 Å². The van der Waals surface area contributed by atoms with E-state index in [2.05, 4.69) is 10.1 Å². The van der Waals surface area contributed by atoms with Crippen LogP contribution in [0.4, 0.5) is 0 Å². The van der Waals surface area contributed by atoms with Gasteiger partial charge in [-0.05, 0) is 37.3 Å². The van der Waals surface area contributed by atoms with Crippen LogP contribution in [0.5, 0.6) is 0 Å². The Morgan fingerprint density at radius 2 is 1.95 bits per heavy atom. The van der Waals surface area contributed by atoms with Gasteiger partial charge in [0.05, 0.1) is 11.9 Å². The molecule has 6 heteroatoms. The molecule has 0 N–H and O–H groups in total. The van der Waals surface area contributed by atoms with Crippen molar-refractivity contribution in [1.29, 1.82) is 0 Å². The fraction of sp³-hybridized carbons (Fsp3) is 0.133. The van der Waals surface area contributed by atoms with Gasteiger partial charge >= 0.3 is 0 Å². The molecule has 0 spiro atoms. The highest BCUT2D eigenvalue weighted by molar-refractivity contribution is 6.30. The highest BCUT2D eigenvalue weighted by atomic mass is 35.5. The third kappa shape index (κ3) is 3.03. The summed E-state index contributed by atoms with van der Waals surface area (Å²) in [5.74, 6) is 1.06. The summed E-state index contributed by atoms with van der Waals surface area (Å²) < 4.78 is 6.98. The number of rotatable bonds is 3. The van der Waals surface area contributed by atoms with Crippen molar-refractivity contribution in [2.75, 3.05) is 0 Å². The lowest BCUT2D eigenvalue weighted by molar-refractivity contribution is 0.464. The van der Waals surface area contributed by atoms with Crippen LogP contribution in [-0.2, 0) is 6.54 Å². The molecule has 1 aromatic carbocycles. The van der Waals surface area contributed by atoms with Gasteiger partial charge in [0.1, 0.15) is 6.54 Å². The topological polar surface area (TPSA) is 60.9 Å². The van der Waals surface area contributed by atoms with Gasteiger partial charge in [0.25, 0.3) is 5.56 Å². The smallest absolute Gasteiger partial charge is 0.267 e. The van der Waals surface area contributed by atoms with Crippen LogP contribution in [0.1, 0.15) is 11.6 Å². The first kappa shape index (κ1) is 13.6. The highest BCUT2D eigenvalue weighted by Gasteiger charge is 2.08. The van der Waals surface area contributed by atoms with Gasteiger partial charge in [-0.3, -0.25) is 4.79 Å². The summed E-state index contributed by atoms with van der Waals surface area (Å²) in [4.78, 5) is 15.9. The molecule has 0 unspecified atom stereocenters. The second-order valence-electron chi connectivity index (χ2n) is 4.60. The van der Waals surface area contributed by atoms with E-state index in [1.54, 1.807) is 24.4 Å². The minimum absolute atomic E-state index is 0.188. The summed E-state index contributed by atoms with van der Waals surface area (Å²) in [5, 5.41) is 4.81. The molecule has 0 saturated carbocycles. The van der Waals surface area contributed by atoms with Gasteiger partial charge in [0.2, 0.25) is 5.89 Å². The lowest BCUT2D eigenvalue weighted by Gasteiger charge is -2.01. The van der Waals surface area contributed by atoms with Crippen LogP contribution in [0.2, 0.25) is 5.02 Å². The summed E-state index contributed by atoms with van der Waals surface area (Å²) in [6.07, 6.45) is 1.62. The van der Waals surface area contributed by atoms with Crippen molar-refractivity contribution in [3.63, 3.8) is 0 Å². The number of aryl methyl sites for hydroxylation is 1. The minimum Gasteiger partial charge on any atom is -0.439 e. The Hall–Kier alpha value is -2.40. The number of oxazole rings is 1. The molecule has 0 radical (unpaired) electrons. The van der Waals surface area contributed by atoms with E-state index in [0.717, 1.165) is 11.3 Å². The predicted molar refractivity (Wildman–Crippen MR) is 79.3 cm³/mol. The van der Waals surface area contributed by atoms with E-state index >= 15 is 0 Å². The molecule has 5 nitrogen and oxygen atoms in total. The molecule has 0 bridgehead atoms. The molecular weight excluding hydrogens is 290 g/mol. The van der Waals surface area contributed by atoms with Crippen molar-refractivity contribution in [1.82, 2.24) is 14.8 Å². The SMILES string of the molecule is Cc1ccc(=O)n(Cc2ncc(-c3ccc(Cl)cc3)o2)n1. The number of hydrogen-bond donors (Lipinski definition) is 0. The number of nitrogens with zero attached hydrogens (tertiary/aromatic N) is 3. The Kier molecular flexibility index (Phi) is 3.58. The molecule has 0 saturated heterocycles. The normalized spacial score (nSPS) is 10.8. The van der Waals surface area contributed by atoms with Crippen molar-refractivity contribution in [2.45, 2.75) is 13.5 Å². The van der Waals surface area contributed by atoms with Gasteiger partial charge in [-0.2, -0.15) is 5.10 Å². The molecule has 2 aromatic heterocycles. The largest absolute Gasteiger partial charge is 0.439 e. The molecule has 0 aliphatic carbocycles. The molecular formula is C15H12ClN3O2. The van der Waals surface area contributed by atoms with Gasteiger partial charge in [-0.1, -0.05) is 11.6 Å². The average Bonchev–Trinajstić information content (AvgIpc) is 2.92. The Labute approximate surface area is 125 Å². The zero-order valence-corrected chi connectivity index (χ0v) is 12.0. The molecule has 0 amide bonds. The maximum Gasteiger partial charge on any atom is 0.267 e. The second-order valence-corrected chi connectivity index (χ2v) is 5.03. The van der Waals surface area contributed by atoms with Crippen LogP contribution in [-0.4, -0.2) is 14.8 Å². The van der Waals surface area contributed by atoms with E-state index in [0.29, 0.717) is 16.7 Å². The fourth-order valence-electron chi connectivity index (χ4n) is 1.92. The van der Waals surface area contributed by atoms with Crippen molar-refractivity contribution < 1.29 is 4.42 Å². The van der Waals surface area contributed by atoms with E-state index in [4.69, 9.17) is 16.0 Å². The van der Waals surface area contributed by atoms with Crippen LogP contribution >= 0.6 is 11.6 Å². The van der Waals surface area contributed by atoms with Crippen LogP contribution in [0.3, 0.4) is 0 Å². The van der Waals surface area contributed by atoms with Crippen LogP contribution in [0.25, 0.3) is 11.3 Å². The minimum atomic E-state index is -0.188. The molecule has 0 atom stereocenters. The summed E-state index contributed by atoms with van der Waals surface area (Å²) in [7, 11) is 0. The predicted octanol–water partition coefficient (Wildman–Crippen LogP) is 2.91. The zero-order valence-electron chi connectivity index (χ0n) is 11.3. The van der Waals surface area contributed by atoms with Crippen LogP contribution in [0, 0.1) is 6.92 Å². The molecule has 21 heavy (non-hydrogen) atoms. The van der Waals surface area contributed by atoms with Gasteiger partial charge < -0.3 is 4.42 Å². The zero-order chi connectivity index (χ0) is 14.8. The second kappa shape index (κ2) is 5.54. The first-order valence-electron chi connectivity index (χ1n) is 6.37. The number of benzene rings is 1. The fourth-order valence-corrected chi connectivity index (χ4v) is 2.05. The lowest BCUT2D eigenvalue weighted by atomic mass is 10.2. The van der Waals surface area contributed by atoms with E-state index in [-0.39, 0.29) is 12.1 Å². The summed E-state index contributed by atoms with van der Waals surface area (Å²) in [6.45, 7) is 2.03. The van der Waals surface area contributed by atoms with Crippen molar-refractivity contribution >= 4 is 11.6 Å². The van der Waals surface area contributed by atoms with E-state index in [9.17, 15) is 4.79 Å². The first-order chi connectivity index (χ1) is 10.1. The summed E-state index contributed by atoms with van der Waals surface area (Å²) >= 11 is 5.85. The standard InChI is InChI=1S/C15H12ClN3O2/c1-10-2-7-15(20)19(18-10)9-14-17-8-13(21-14)11-3-5-12(16)6-4-11/h2-8H,9H2,1H3. The van der Waals surface area contributed by atoms with Gasteiger partial charge in [-0.15, -0.1) is 0 Å². The third-order valence-electron chi connectivity index (χ3n) is 2.97. The first-order valence-corrected chi connectivity index (χ1v) is 6.75. The molecule has 2 heterocycles. The Morgan fingerprint density at radius 1 is 1.19 bits per heavy atom.